The summed E-state index contributed by atoms with van der Waals surface area (Å²) in [4.78, 5) is 3.98. The number of hydrogen-bond donors (Lipinski definition) is 0. The van der Waals surface area contributed by atoms with Gasteiger partial charge in [-0.1, -0.05) is 29.3 Å². The Hall–Kier alpha value is -1.76. The highest BCUT2D eigenvalue weighted by Gasteiger charge is 2.05. The fraction of sp³-hybridized carbons (Fsp3) is 0. The maximum Gasteiger partial charge on any atom is 0.220 e. The van der Waals surface area contributed by atoms with E-state index >= 15 is 0 Å². The van der Waals surface area contributed by atoms with E-state index < -0.39 is 0 Å². The Bertz CT molecular complexity index is 593. The van der Waals surface area contributed by atoms with Crippen molar-refractivity contribution < 1.29 is 4.74 Å². The Morgan fingerprint density at radius 1 is 1.18 bits per heavy atom. The zero-order chi connectivity index (χ0) is 12.3. The van der Waals surface area contributed by atoms with E-state index in [0.717, 1.165) is 0 Å². The van der Waals surface area contributed by atoms with Crippen LogP contribution in [0.25, 0.3) is 0 Å². The molecule has 0 atom stereocenters. The van der Waals surface area contributed by atoms with Crippen LogP contribution in [0.1, 0.15) is 5.69 Å². The molecule has 0 spiro atoms. The van der Waals surface area contributed by atoms with Crippen molar-refractivity contribution in [3.05, 3.63) is 52.1 Å². The zero-order valence-electron chi connectivity index (χ0n) is 8.52. The number of nitriles is 1. The van der Waals surface area contributed by atoms with Gasteiger partial charge in [0.1, 0.15) is 17.5 Å². The number of aromatic nitrogens is 1. The van der Waals surface area contributed by atoms with Crippen LogP contribution in [-0.4, -0.2) is 4.98 Å². The van der Waals surface area contributed by atoms with E-state index in [1.54, 1.807) is 36.4 Å². The van der Waals surface area contributed by atoms with Crippen LogP contribution in [-0.2, 0) is 0 Å². The van der Waals surface area contributed by atoms with Crippen LogP contribution in [0, 0.1) is 11.3 Å². The first kappa shape index (κ1) is 11.7. The molecule has 17 heavy (non-hydrogen) atoms. The van der Waals surface area contributed by atoms with Crippen molar-refractivity contribution in [2.75, 3.05) is 0 Å². The number of halogens is 2. The van der Waals surface area contributed by atoms with Crippen molar-refractivity contribution in [3.63, 3.8) is 0 Å². The summed E-state index contributed by atoms with van der Waals surface area (Å²) in [6.07, 6.45) is 0. The van der Waals surface area contributed by atoms with E-state index in [1.165, 1.54) is 0 Å². The zero-order valence-corrected chi connectivity index (χ0v) is 10.0. The van der Waals surface area contributed by atoms with Crippen LogP contribution in [0.4, 0.5) is 0 Å². The minimum Gasteiger partial charge on any atom is -0.437 e. The second-order valence-electron chi connectivity index (χ2n) is 3.15. The van der Waals surface area contributed by atoms with Crippen LogP contribution in [0.15, 0.2) is 36.4 Å². The Morgan fingerprint density at radius 2 is 2.00 bits per heavy atom. The number of nitrogens with zero attached hydrogens (tertiary/aromatic N) is 2. The van der Waals surface area contributed by atoms with Gasteiger partial charge in [-0.15, -0.1) is 0 Å². The maximum atomic E-state index is 8.71. The summed E-state index contributed by atoms with van der Waals surface area (Å²) in [6.45, 7) is 0. The standard InChI is InChI=1S/C12H6Cl2N2O/c13-8-4-5-11(10(14)6-8)17-12-3-1-2-9(7-15)16-12/h1-6H. The first-order valence-electron chi connectivity index (χ1n) is 4.69. The third-order valence-electron chi connectivity index (χ3n) is 1.95. The van der Waals surface area contributed by atoms with Crippen LogP contribution >= 0.6 is 23.2 Å². The number of ether oxygens (including phenoxy) is 1. The average Bonchev–Trinajstić information content (AvgIpc) is 2.33. The quantitative estimate of drug-likeness (QED) is 0.822. The molecule has 2 aromatic rings. The van der Waals surface area contributed by atoms with Gasteiger partial charge in [0.25, 0.3) is 0 Å². The maximum absolute atomic E-state index is 8.71. The van der Waals surface area contributed by atoms with E-state index in [0.29, 0.717) is 21.7 Å². The molecule has 0 aliphatic rings. The normalized spacial score (nSPS) is 9.71. The van der Waals surface area contributed by atoms with E-state index in [1.807, 2.05) is 6.07 Å². The molecule has 0 fully saturated rings. The summed E-state index contributed by atoms with van der Waals surface area (Å²) < 4.78 is 5.45. The Balaban J connectivity index is 2.28. The van der Waals surface area contributed by atoms with Gasteiger partial charge in [-0.2, -0.15) is 5.26 Å². The third kappa shape index (κ3) is 2.88. The van der Waals surface area contributed by atoms with Crippen molar-refractivity contribution >= 4 is 23.2 Å². The summed E-state index contributed by atoms with van der Waals surface area (Å²) in [7, 11) is 0. The predicted octanol–water partition coefficient (Wildman–Crippen LogP) is 4.05. The molecule has 0 saturated heterocycles. The molecular formula is C12H6Cl2N2O. The summed E-state index contributed by atoms with van der Waals surface area (Å²) in [5.41, 5.74) is 0.285. The highest BCUT2D eigenvalue weighted by Crippen LogP contribution is 2.30. The molecule has 0 bridgehead atoms. The summed E-state index contributed by atoms with van der Waals surface area (Å²) in [5, 5.41) is 9.63. The second-order valence-corrected chi connectivity index (χ2v) is 3.99. The third-order valence-corrected chi connectivity index (χ3v) is 2.48. The van der Waals surface area contributed by atoms with E-state index in [9.17, 15) is 0 Å². The molecule has 0 amide bonds. The SMILES string of the molecule is N#Cc1cccc(Oc2ccc(Cl)cc2Cl)n1. The van der Waals surface area contributed by atoms with Gasteiger partial charge >= 0.3 is 0 Å². The number of hydrogen-bond acceptors (Lipinski definition) is 3. The number of pyridine rings is 1. The van der Waals surface area contributed by atoms with Gasteiger partial charge in [-0.3, -0.25) is 0 Å². The molecule has 2 rings (SSSR count). The molecule has 0 aliphatic heterocycles. The Morgan fingerprint density at radius 3 is 2.71 bits per heavy atom. The van der Waals surface area contributed by atoms with Crippen molar-refractivity contribution in [2.45, 2.75) is 0 Å². The summed E-state index contributed by atoms with van der Waals surface area (Å²) >= 11 is 11.7. The summed E-state index contributed by atoms with van der Waals surface area (Å²) in [5.74, 6) is 0.756. The van der Waals surface area contributed by atoms with Crippen molar-refractivity contribution in [2.24, 2.45) is 0 Å². The Labute approximate surface area is 108 Å². The van der Waals surface area contributed by atoms with Crippen LogP contribution in [0.5, 0.6) is 11.6 Å². The highest BCUT2D eigenvalue weighted by molar-refractivity contribution is 6.35. The average molecular weight is 265 g/mol. The molecule has 1 aromatic carbocycles. The molecule has 1 heterocycles. The number of rotatable bonds is 2. The summed E-state index contributed by atoms with van der Waals surface area (Å²) in [6, 6.07) is 11.7. The second kappa shape index (κ2) is 5.05. The van der Waals surface area contributed by atoms with Crippen molar-refractivity contribution in [1.82, 2.24) is 4.98 Å². The lowest BCUT2D eigenvalue weighted by atomic mass is 10.3. The predicted molar refractivity (Wildman–Crippen MR) is 65.5 cm³/mol. The van der Waals surface area contributed by atoms with Gasteiger partial charge < -0.3 is 4.74 Å². The molecule has 0 radical (unpaired) electrons. The topological polar surface area (TPSA) is 45.9 Å². The molecular weight excluding hydrogens is 259 g/mol. The van der Waals surface area contributed by atoms with E-state index in [-0.39, 0.29) is 5.69 Å². The van der Waals surface area contributed by atoms with Crippen molar-refractivity contribution in [3.8, 4) is 17.7 Å². The lowest BCUT2D eigenvalue weighted by Crippen LogP contribution is -1.90. The molecule has 0 N–H and O–H groups in total. The van der Waals surface area contributed by atoms with Crippen molar-refractivity contribution in [1.29, 1.82) is 5.26 Å². The molecule has 0 saturated carbocycles. The van der Waals surface area contributed by atoms with Crippen LogP contribution in [0.2, 0.25) is 10.0 Å². The van der Waals surface area contributed by atoms with Gasteiger partial charge in [0, 0.05) is 11.1 Å². The fourth-order valence-corrected chi connectivity index (χ4v) is 1.65. The lowest BCUT2D eigenvalue weighted by Gasteiger charge is -2.06. The van der Waals surface area contributed by atoms with Gasteiger partial charge in [0.2, 0.25) is 5.88 Å². The van der Waals surface area contributed by atoms with Gasteiger partial charge in [-0.25, -0.2) is 4.98 Å². The van der Waals surface area contributed by atoms with Gasteiger partial charge in [-0.05, 0) is 24.3 Å². The van der Waals surface area contributed by atoms with E-state index in [2.05, 4.69) is 4.98 Å². The monoisotopic (exact) mass is 264 g/mol. The minimum absolute atomic E-state index is 0.285. The fourth-order valence-electron chi connectivity index (χ4n) is 1.20. The highest BCUT2D eigenvalue weighted by atomic mass is 35.5. The molecule has 84 valence electrons. The number of benzene rings is 1. The molecule has 3 nitrogen and oxygen atoms in total. The van der Waals surface area contributed by atoms with Crippen LogP contribution in [0.3, 0.4) is 0 Å². The molecule has 5 heteroatoms. The molecule has 1 aromatic heterocycles. The minimum atomic E-state index is 0.285. The van der Waals surface area contributed by atoms with Gasteiger partial charge in [0.05, 0.1) is 5.02 Å². The first-order valence-corrected chi connectivity index (χ1v) is 5.45. The first-order chi connectivity index (χ1) is 8.19. The Kier molecular flexibility index (Phi) is 3.48. The molecule has 0 aliphatic carbocycles. The lowest BCUT2D eigenvalue weighted by molar-refractivity contribution is 0.462. The van der Waals surface area contributed by atoms with E-state index in [4.69, 9.17) is 33.2 Å². The van der Waals surface area contributed by atoms with Gasteiger partial charge in [0.15, 0.2) is 0 Å². The largest absolute Gasteiger partial charge is 0.437 e. The smallest absolute Gasteiger partial charge is 0.220 e. The molecule has 0 unspecified atom stereocenters. The van der Waals surface area contributed by atoms with Crippen LogP contribution < -0.4 is 4.74 Å².